The van der Waals surface area contributed by atoms with E-state index in [1.807, 2.05) is 0 Å². The first-order chi connectivity index (χ1) is 7.71. The maximum Gasteiger partial charge on any atom is 0.0340 e. The summed E-state index contributed by atoms with van der Waals surface area (Å²) in [6.07, 6.45) is 7.25. The van der Waals surface area contributed by atoms with Crippen LogP contribution in [0, 0.1) is 11.8 Å². The van der Waals surface area contributed by atoms with Crippen LogP contribution in [0.3, 0.4) is 0 Å². The van der Waals surface area contributed by atoms with Gasteiger partial charge in [-0.1, -0.05) is 6.92 Å². The zero-order chi connectivity index (χ0) is 11.2. The van der Waals surface area contributed by atoms with E-state index in [2.05, 4.69) is 24.1 Å². The van der Waals surface area contributed by atoms with E-state index in [-0.39, 0.29) is 0 Å². The minimum Gasteiger partial charge on any atom is -0.315 e. The molecule has 2 saturated heterocycles. The number of rotatable bonds is 2. The van der Waals surface area contributed by atoms with E-state index in [1.165, 1.54) is 51.7 Å². The highest BCUT2D eigenvalue weighted by Gasteiger charge is 2.47. The van der Waals surface area contributed by atoms with Crippen LogP contribution < -0.4 is 5.32 Å². The number of hydrogen-bond donors (Lipinski definition) is 1. The van der Waals surface area contributed by atoms with Crippen LogP contribution in [0.1, 0.15) is 46.0 Å². The molecular formula is C14H26N2. The normalized spacial score (nSPS) is 42.8. The van der Waals surface area contributed by atoms with E-state index in [9.17, 15) is 0 Å². The molecule has 2 aliphatic heterocycles. The van der Waals surface area contributed by atoms with Crippen molar-refractivity contribution >= 4 is 0 Å². The minimum absolute atomic E-state index is 0.527. The molecule has 0 radical (unpaired) electrons. The topological polar surface area (TPSA) is 15.3 Å². The average molecular weight is 222 g/mol. The zero-order valence-corrected chi connectivity index (χ0v) is 10.8. The molecule has 2 heterocycles. The summed E-state index contributed by atoms with van der Waals surface area (Å²) in [5, 5.41) is 3.67. The van der Waals surface area contributed by atoms with E-state index in [0.29, 0.717) is 5.54 Å². The maximum absolute atomic E-state index is 3.67. The van der Waals surface area contributed by atoms with Gasteiger partial charge in [-0.15, -0.1) is 0 Å². The van der Waals surface area contributed by atoms with Gasteiger partial charge in [0.15, 0.2) is 0 Å². The Kier molecular flexibility index (Phi) is 2.75. The SMILES string of the molecule is CC1CNCC2(CCCN2C(C)C2CC2)C1. The summed E-state index contributed by atoms with van der Waals surface area (Å²) in [5.41, 5.74) is 0.527. The Morgan fingerprint density at radius 1 is 1.38 bits per heavy atom. The lowest BCUT2D eigenvalue weighted by atomic mass is 9.81. The van der Waals surface area contributed by atoms with Gasteiger partial charge in [0.05, 0.1) is 0 Å². The predicted molar refractivity (Wildman–Crippen MR) is 67.5 cm³/mol. The molecule has 0 aromatic carbocycles. The maximum atomic E-state index is 3.67. The van der Waals surface area contributed by atoms with Crippen LogP contribution in [-0.4, -0.2) is 36.1 Å². The lowest BCUT2D eigenvalue weighted by Gasteiger charge is -2.47. The summed E-state index contributed by atoms with van der Waals surface area (Å²) in [7, 11) is 0. The largest absolute Gasteiger partial charge is 0.315 e. The fourth-order valence-electron chi connectivity index (χ4n) is 4.18. The van der Waals surface area contributed by atoms with Crippen molar-refractivity contribution in [3.05, 3.63) is 0 Å². The first-order valence-electron chi connectivity index (χ1n) is 7.19. The predicted octanol–water partition coefficient (Wildman–Crippen LogP) is 2.25. The summed E-state index contributed by atoms with van der Waals surface area (Å²) < 4.78 is 0. The van der Waals surface area contributed by atoms with Crippen LogP contribution in [0.15, 0.2) is 0 Å². The van der Waals surface area contributed by atoms with Crippen molar-refractivity contribution < 1.29 is 0 Å². The molecule has 1 aliphatic carbocycles. The third kappa shape index (κ3) is 1.80. The third-order valence-electron chi connectivity index (χ3n) is 5.12. The summed E-state index contributed by atoms with van der Waals surface area (Å²) in [6, 6.07) is 0.842. The Morgan fingerprint density at radius 3 is 2.88 bits per heavy atom. The molecule has 0 amide bonds. The Bertz CT molecular complexity index is 261. The molecular weight excluding hydrogens is 196 g/mol. The molecule has 3 unspecified atom stereocenters. The number of nitrogens with one attached hydrogen (secondary N) is 1. The van der Waals surface area contributed by atoms with Crippen molar-refractivity contribution in [3.63, 3.8) is 0 Å². The molecule has 3 fully saturated rings. The number of hydrogen-bond acceptors (Lipinski definition) is 2. The minimum atomic E-state index is 0.527. The van der Waals surface area contributed by atoms with Gasteiger partial charge in [-0.3, -0.25) is 4.90 Å². The molecule has 92 valence electrons. The molecule has 3 aliphatic rings. The zero-order valence-electron chi connectivity index (χ0n) is 10.8. The Balaban J connectivity index is 1.75. The van der Waals surface area contributed by atoms with Crippen LogP contribution in [-0.2, 0) is 0 Å². The van der Waals surface area contributed by atoms with E-state index in [0.717, 1.165) is 17.9 Å². The van der Waals surface area contributed by atoms with Gasteiger partial charge in [0.1, 0.15) is 0 Å². The van der Waals surface area contributed by atoms with Crippen molar-refractivity contribution in [2.24, 2.45) is 11.8 Å². The van der Waals surface area contributed by atoms with Gasteiger partial charge in [0.25, 0.3) is 0 Å². The number of nitrogens with zero attached hydrogens (tertiary/aromatic N) is 1. The third-order valence-corrected chi connectivity index (χ3v) is 5.12. The molecule has 0 bridgehead atoms. The Morgan fingerprint density at radius 2 is 2.19 bits per heavy atom. The van der Waals surface area contributed by atoms with Crippen LogP contribution in [0.5, 0.6) is 0 Å². The van der Waals surface area contributed by atoms with Gasteiger partial charge in [0, 0.05) is 18.1 Å². The molecule has 0 aromatic heterocycles. The summed E-state index contributed by atoms with van der Waals surface area (Å²) >= 11 is 0. The molecule has 3 atom stereocenters. The molecule has 1 N–H and O–H groups in total. The molecule has 1 saturated carbocycles. The Labute approximate surface area is 99.8 Å². The van der Waals surface area contributed by atoms with E-state index < -0.39 is 0 Å². The first-order valence-corrected chi connectivity index (χ1v) is 7.19. The number of piperidine rings is 1. The van der Waals surface area contributed by atoms with Crippen molar-refractivity contribution in [3.8, 4) is 0 Å². The van der Waals surface area contributed by atoms with Crippen molar-refractivity contribution in [1.82, 2.24) is 10.2 Å². The average Bonchev–Trinajstić information content (AvgIpc) is 3.02. The first kappa shape index (κ1) is 11.0. The fraction of sp³-hybridized carbons (Fsp3) is 1.00. The van der Waals surface area contributed by atoms with Crippen LogP contribution in [0.2, 0.25) is 0 Å². The van der Waals surface area contributed by atoms with Gasteiger partial charge < -0.3 is 5.32 Å². The molecule has 3 rings (SSSR count). The van der Waals surface area contributed by atoms with Gasteiger partial charge in [-0.05, 0) is 64.0 Å². The second-order valence-electron chi connectivity index (χ2n) is 6.54. The van der Waals surface area contributed by atoms with E-state index >= 15 is 0 Å². The highest BCUT2D eigenvalue weighted by Crippen LogP contribution is 2.44. The van der Waals surface area contributed by atoms with Crippen molar-refractivity contribution in [2.45, 2.75) is 57.5 Å². The number of likely N-dealkylation sites (tertiary alicyclic amines) is 1. The van der Waals surface area contributed by atoms with Gasteiger partial charge >= 0.3 is 0 Å². The summed E-state index contributed by atoms with van der Waals surface area (Å²) in [4.78, 5) is 2.87. The quantitative estimate of drug-likeness (QED) is 0.771. The fourth-order valence-corrected chi connectivity index (χ4v) is 4.18. The monoisotopic (exact) mass is 222 g/mol. The smallest absolute Gasteiger partial charge is 0.0340 e. The van der Waals surface area contributed by atoms with Gasteiger partial charge in [0.2, 0.25) is 0 Å². The molecule has 16 heavy (non-hydrogen) atoms. The lowest BCUT2D eigenvalue weighted by Crippen LogP contribution is -2.59. The van der Waals surface area contributed by atoms with Gasteiger partial charge in [-0.2, -0.15) is 0 Å². The van der Waals surface area contributed by atoms with Crippen LogP contribution in [0.25, 0.3) is 0 Å². The van der Waals surface area contributed by atoms with Crippen LogP contribution >= 0.6 is 0 Å². The van der Waals surface area contributed by atoms with Gasteiger partial charge in [-0.25, -0.2) is 0 Å². The molecule has 2 nitrogen and oxygen atoms in total. The summed E-state index contributed by atoms with van der Waals surface area (Å²) in [5.74, 6) is 1.88. The highest BCUT2D eigenvalue weighted by molar-refractivity contribution is 5.04. The van der Waals surface area contributed by atoms with Crippen molar-refractivity contribution in [1.29, 1.82) is 0 Å². The molecule has 2 heteroatoms. The molecule has 1 spiro atoms. The van der Waals surface area contributed by atoms with Crippen LogP contribution in [0.4, 0.5) is 0 Å². The molecule has 0 aromatic rings. The van der Waals surface area contributed by atoms with E-state index in [4.69, 9.17) is 0 Å². The van der Waals surface area contributed by atoms with E-state index in [1.54, 1.807) is 0 Å². The lowest BCUT2D eigenvalue weighted by molar-refractivity contribution is 0.0445. The second-order valence-corrected chi connectivity index (χ2v) is 6.54. The second kappa shape index (κ2) is 3.99. The standard InChI is InChI=1S/C14H26N2/c1-11-8-14(10-15-9-11)6-3-7-16(14)12(2)13-4-5-13/h11-13,15H,3-10H2,1-2H3. The van der Waals surface area contributed by atoms with Crippen molar-refractivity contribution in [2.75, 3.05) is 19.6 Å². The Hall–Kier alpha value is -0.0800. The summed E-state index contributed by atoms with van der Waals surface area (Å²) in [6.45, 7) is 8.71. The highest BCUT2D eigenvalue weighted by atomic mass is 15.3.